The summed E-state index contributed by atoms with van der Waals surface area (Å²) in [5.41, 5.74) is 4.10. The molecule has 0 bridgehead atoms. The number of hydrogen-bond donors (Lipinski definition) is 1. The normalized spacial score (nSPS) is 16.7. The van der Waals surface area contributed by atoms with Crippen LogP contribution in [0.5, 0.6) is 0 Å². The van der Waals surface area contributed by atoms with Crippen LogP contribution in [0.25, 0.3) is 16.8 Å². The summed E-state index contributed by atoms with van der Waals surface area (Å²) in [6.07, 6.45) is 1.44. The molecule has 3 heterocycles. The molecule has 4 rings (SSSR count). The lowest BCUT2D eigenvalue weighted by Crippen LogP contribution is -2.32. The summed E-state index contributed by atoms with van der Waals surface area (Å²) in [6, 6.07) is 13.0. The van der Waals surface area contributed by atoms with E-state index < -0.39 is 0 Å². The van der Waals surface area contributed by atoms with E-state index in [1.165, 1.54) is 0 Å². The van der Waals surface area contributed by atoms with Crippen LogP contribution in [0, 0.1) is 18.3 Å². The Kier molecular flexibility index (Phi) is 5.22. The van der Waals surface area contributed by atoms with Crippen molar-refractivity contribution in [3.63, 3.8) is 0 Å². The van der Waals surface area contributed by atoms with Gasteiger partial charge in [-0.05, 0) is 38.6 Å². The molecule has 0 aliphatic carbocycles. The molecule has 0 radical (unpaired) electrons. The number of nitrogens with zero attached hydrogens (tertiary/aromatic N) is 6. The highest BCUT2D eigenvalue weighted by molar-refractivity contribution is 5.85. The van der Waals surface area contributed by atoms with Crippen LogP contribution >= 0.6 is 0 Å². The van der Waals surface area contributed by atoms with Crippen LogP contribution in [0.4, 0.5) is 5.82 Å². The molecule has 1 aliphatic heterocycles. The van der Waals surface area contributed by atoms with E-state index in [0.29, 0.717) is 29.5 Å². The van der Waals surface area contributed by atoms with Crippen molar-refractivity contribution >= 4 is 11.5 Å². The van der Waals surface area contributed by atoms with Crippen LogP contribution in [0.3, 0.4) is 0 Å². The predicted molar refractivity (Wildman–Crippen MR) is 113 cm³/mol. The number of aliphatic hydroxyl groups excluding tert-OH is 1. The van der Waals surface area contributed by atoms with Gasteiger partial charge in [0.05, 0.1) is 6.61 Å². The third-order valence-corrected chi connectivity index (χ3v) is 5.75. The summed E-state index contributed by atoms with van der Waals surface area (Å²) in [4.78, 5) is 9.20. The van der Waals surface area contributed by atoms with Crippen LogP contribution in [0.15, 0.2) is 30.3 Å². The SMILES string of the molecule is Cc1c(-c2ccccc2)c(N2CC[C@H](N(C)C)C2)n2nc(CCO)nc2c1C#N. The van der Waals surface area contributed by atoms with Gasteiger partial charge in [0.15, 0.2) is 11.5 Å². The molecule has 7 nitrogen and oxygen atoms in total. The maximum Gasteiger partial charge on any atom is 0.176 e. The van der Waals surface area contributed by atoms with Crippen LogP contribution < -0.4 is 4.90 Å². The van der Waals surface area contributed by atoms with E-state index in [-0.39, 0.29) is 6.61 Å². The third kappa shape index (κ3) is 3.35. The fraction of sp³-hybridized carbons (Fsp3) is 0.409. The van der Waals surface area contributed by atoms with E-state index in [2.05, 4.69) is 47.1 Å². The van der Waals surface area contributed by atoms with E-state index in [4.69, 9.17) is 5.10 Å². The Labute approximate surface area is 170 Å². The molecule has 29 heavy (non-hydrogen) atoms. The van der Waals surface area contributed by atoms with E-state index in [1.807, 2.05) is 29.6 Å². The zero-order valence-electron chi connectivity index (χ0n) is 17.1. The van der Waals surface area contributed by atoms with Gasteiger partial charge in [-0.25, -0.2) is 4.98 Å². The van der Waals surface area contributed by atoms with Crippen molar-refractivity contribution in [1.82, 2.24) is 19.5 Å². The number of rotatable bonds is 5. The number of pyridine rings is 1. The first-order valence-corrected chi connectivity index (χ1v) is 9.95. The standard InChI is InChI=1S/C22H26N6O/c1-15-18(13-23)21-24-19(10-12-29)25-28(21)22(20(15)16-7-5-4-6-8-16)27-11-9-17(14-27)26(2)3/h4-8,17,29H,9-12,14H2,1-3H3/t17-/m0/s1. The Balaban J connectivity index is 2.01. The first-order chi connectivity index (χ1) is 14.0. The molecule has 1 aromatic carbocycles. The molecule has 2 aromatic heterocycles. The molecule has 1 fully saturated rings. The smallest absolute Gasteiger partial charge is 0.176 e. The molecule has 1 atom stereocenters. The predicted octanol–water partition coefficient (Wildman–Crippen LogP) is 2.25. The highest BCUT2D eigenvalue weighted by Gasteiger charge is 2.30. The highest BCUT2D eigenvalue weighted by atomic mass is 16.3. The molecule has 1 aliphatic rings. The quantitative estimate of drug-likeness (QED) is 0.720. The molecule has 0 spiro atoms. The van der Waals surface area contributed by atoms with Gasteiger partial charge in [-0.3, -0.25) is 0 Å². The zero-order valence-corrected chi connectivity index (χ0v) is 17.1. The molecule has 7 heteroatoms. The Morgan fingerprint density at radius 2 is 2.03 bits per heavy atom. The third-order valence-electron chi connectivity index (χ3n) is 5.75. The van der Waals surface area contributed by atoms with Crippen molar-refractivity contribution in [2.45, 2.75) is 25.8 Å². The number of likely N-dealkylation sites (N-methyl/N-ethyl adjacent to an activating group) is 1. The average Bonchev–Trinajstić information content (AvgIpc) is 3.35. The van der Waals surface area contributed by atoms with Crippen molar-refractivity contribution < 1.29 is 5.11 Å². The summed E-state index contributed by atoms with van der Waals surface area (Å²) >= 11 is 0. The van der Waals surface area contributed by atoms with Crippen molar-refractivity contribution in [2.24, 2.45) is 0 Å². The number of fused-ring (bicyclic) bond motifs is 1. The second-order valence-electron chi connectivity index (χ2n) is 7.77. The Hall–Kier alpha value is -2.95. The second kappa shape index (κ2) is 7.82. The number of benzene rings is 1. The van der Waals surface area contributed by atoms with E-state index in [0.717, 1.165) is 42.0 Å². The van der Waals surface area contributed by atoms with Gasteiger partial charge in [0.2, 0.25) is 0 Å². The summed E-state index contributed by atoms with van der Waals surface area (Å²) < 4.78 is 1.82. The minimum Gasteiger partial charge on any atom is -0.396 e. The first kappa shape index (κ1) is 19.4. The topological polar surface area (TPSA) is 80.7 Å². The summed E-state index contributed by atoms with van der Waals surface area (Å²) in [5.74, 6) is 1.53. The highest BCUT2D eigenvalue weighted by Crippen LogP contribution is 2.38. The Bertz CT molecular complexity index is 1070. The minimum absolute atomic E-state index is 0.0228. The molecule has 150 valence electrons. The zero-order chi connectivity index (χ0) is 20.5. The number of hydrogen-bond acceptors (Lipinski definition) is 6. The maximum absolute atomic E-state index is 9.90. The number of anilines is 1. The lowest BCUT2D eigenvalue weighted by Gasteiger charge is -2.26. The Morgan fingerprint density at radius 1 is 1.28 bits per heavy atom. The van der Waals surface area contributed by atoms with Crippen LogP contribution in [0.2, 0.25) is 0 Å². The van der Waals surface area contributed by atoms with Gasteiger partial charge in [-0.15, -0.1) is 5.10 Å². The van der Waals surface area contributed by atoms with Crippen molar-refractivity contribution in [2.75, 3.05) is 38.7 Å². The fourth-order valence-electron chi connectivity index (χ4n) is 4.17. The molecule has 0 unspecified atom stereocenters. The number of aliphatic hydroxyl groups is 1. The number of aromatic nitrogens is 3. The van der Waals surface area contributed by atoms with Gasteiger partial charge in [-0.2, -0.15) is 9.78 Å². The summed E-state index contributed by atoms with van der Waals surface area (Å²) in [6.45, 7) is 3.77. The van der Waals surface area contributed by atoms with Crippen molar-refractivity contribution in [1.29, 1.82) is 5.26 Å². The van der Waals surface area contributed by atoms with Crippen LogP contribution in [-0.4, -0.2) is 64.4 Å². The molecule has 0 amide bonds. The van der Waals surface area contributed by atoms with Gasteiger partial charge in [0, 0.05) is 31.1 Å². The minimum atomic E-state index is -0.0228. The van der Waals surface area contributed by atoms with Crippen LogP contribution in [-0.2, 0) is 6.42 Å². The summed E-state index contributed by atoms with van der Waals surface area (Å²) in [7, 11) is 4.22. The van der Waals surface area contributed by atoms with Crippen LogP contribution in [0.1, 0.15) is 23.4 Å². The second-order valence-corrected chi connectivity index (χ2v) is 7.77. The molecule has 3 aromatic rings. The van der Waals surface area contributed by atoms with Gasteiger partial charge in [0.1, 0.15) is 17.5 Å². The molecule has 1 saturated heterocycles. The van der Waals surface area contributed by atoms with Crippen molar-refractivity contribution in [3.8, 4) is 17.2 Å². The van der Waals surface area contributed by atoms with Gasteiger partial charge >= 0.3 is 0 Å². The fourth-order valence-corrected chi connectivity index (χ4v) is 4.17. The average molecular weight is 390 g/mol. The first-order valence-electron chi connectivity index (χ1n) is 9.95. The van der Waals surface area contributed by atoms with Gasteiger partial charge in [-0.1, -0.05) is 30.3 Å². The lowest BCUT2D eigenvalue weighted by molar-refractivity contribution is 0.296. The lowest BCUT2D eigenvalue weighted by atomic mass is 9.97. The largest absolute Gasteiger partial charge is 0.396 e. The maximum atomic E-state index is 9.90. The molecular formula is C22H26N6O. The van der Waals surface area contributed by atoms with E-state index >= 15 is 0 Å². The van der Waals surface area contributed by atoms with E-state index in [1.54, 1.807) is 0 Å². The van der Waals surface area contributed by atoms with E-state index in [9.17, 15) is 10.4 Å². The monoisotopic (exact) mass is 390 g/mol. The number of nitriles is 1. The summed E-state index contributed by atoms with van der Waals surface area (Å²) in [5, 5.41) is 24.0. The Morgan fingerprint density at radius 3 is 2.66 bits per heavy atom. The molecule has 1 N–H and O–H groups in total. The molecular weight excluding hydrogens is 364 g/mol. The van der Waals surface area contributed by atoms with Gasteiger partial charge in [0.25, 0.3) is 0 Å². The van der Waals surface area contributed by atoms with Crippen molar-refractivity contribution in [3.05, 3.63) is 47.3 Å². The van der Waals surface area contributed by atoms with Gasteiger partial charge < -0.3 is 14.9 Å². The molecule has 0 saturated carbocycles.